The Morgan fingerprint density at radius 2 is 0.754 bits per heavy atom. The largest absolute Gasteiger partial charge is 0.519 e. The molecule has 0 bridgehead atoms. The third-order valence-electron chi connectivity index (χ3n) is 23.0. The highest BCUT2D eigenvalue weighted by Crippen LogP contribution is 2.51. The summed E-state index contributed by atoms with van der Waals surface area (Å²) in [6, 6.07) is 48.4. The number of carbonyl (C=O) groups excluding carboxylic acids is 6. The molecule has 9 aromatic carbocycles. The van der Waals surface area contributed by atoms with E-state index >= 15 is 0 Å². The highest BCUT2D eigenvalue weighted by atomic mass is 19.1. The number of fused-ring (bicyclic) bond motifs is 3. The van der Waals surface area contributed by atoms with Crippen molar-refractivity contribution >= 4 is 105 Å². The number of nitrogens with zero attached hydrogens (tertiary/aromatic N) is 6. The average Bonchev–Trinajstić information content (AvgIpc) is 1.62. The van der Waals surface area contributed by atoms with E-state index in [0.29, 0.717) is 112 Å². The molecule has 5 aliphatic rings. The number of hydrogen-bond donors (Lipinski definition) is 3. The molecule has 0 spiro atoms. The van der Waals surface area contributed by atoms with Crippen LogP contribution >= 0.6 is 0 Å². The Balaban J connectivity index is 0.000000171. The van der Waals surface area contributed by atoms with E-state index < -0.39 is 34.9 Å². The Kier molecular flexibility index (Phi) is 31.3. The minimum absolute atomic E-state index is 0.00682. The van der Waals surface area contributed by atoms with Gasteiger partial charge in [-0.25, -0.2) is 27.6 Å². The molecule has 3 N–H and O–H groups in total. The van der Waals surface area contributed by atoms with Crippen LogP contribution in [0.2, 0.25) is 0 Å². The number of aromatic nitrogens is 1. The maximum absolute atomic E-state index is 14.4. The number of non-ortho nitro benzene ring substituents is 1. The highest BCUT2D eigenvalue weighted by molar-refractivity contribution is 6.12. The third kappa shape index (κ3) is 23.2. The van der Waals surface area contributed by atoms with Crippen LogP contribution in [0.4, 0.5) is 44.6 Å². The fourth-order valence-electron chi connectivity index (χ4n) is 15.9. The number of ether oxygens (including phenoxy) is 12. The number of allylic oxidation sites excluding steroid dienone is 6. The second-order valence-electron chi connectivity index (χ2n) is 31.5. The van der Waals surface area contributed by atoms with E-state index in [-0.39, 0.29) is 83.0 Å². The Bertz CT molecular complexity index is 6280. The smallest absolute Gasteiger partial charge is 0.497 e. The van der Waals surface area contributed by atoms with Crippen molar-refractivity contribution in [2.45, 2.75) is 46.6 Å². The molecule has 134 heavy (non-hydrogen) atoms. The first-order valence-electron chi connectivity index (χ1n) is 42.5. The molecule has 15 rings (SSSR count). The van der Waals surface area contributed by atoms with Crippen molar-refractivity contribution in [3.8, 4) is 69.0 Å². The number of carbonyl (C=O) groups is 6. The zero-order valence-corrected chi connectivity index (χ0v) is 76.1. The monoisotopic (exact) mass is 1830 g/mol. The van der Waals surface area contributed by atoms with Crippen LogP contribution in [0.3, 0.4) is 0 Å². The van der Waals surface area contributed by atoms with E-state index in [9.17, 15) is 52.1 Å². The minimum Gasteiger partial charge on any atom is -0.497 e. The van der Waals surface area contributed by atoms with E-state index in [1.165, 1.54) is 110 Å². The van der Waals surface area contributed by atoms with E-state index in [0.717, 1.165) is 98.7 Å². The summed E-state index contributed by atoms with van der Waals surface area (Å²) in [6.07, 6.45) is 5.44. The summed E-state index contributed by atoms with van der Waals surface area (Å²) >= 11 is 0. The van der Waals surface area contributed by atoms with Gasteiger partial charge in [0.05, 0.1) is 93.3 Å². The molecule has 2 fully saturated rings. The van der Waals surface area contributed by atoms with Gasteiger partial charge in [0.15, 0.2) is 34.5 Å². The molecule has 5 amide bonds. The lowest BCUT2D eigenvalue weighted by atomic mass is 10.00. The highest BCUT2D eigenvalue weighted by Gasteiger charge is 2.34. The molecule has 694 valence electrons. The maximum atomic E-state index is 14.4. The number of nitro benzene ring substituents is 1. The molecule has 10 aromatic rings. The molecule has 32 heteroatoms. The average molecular weight is 1830 g/mol. The molecule has 0 radical (unpaired) electrons. The zero-order valence-electron chi connectivity index (χ0n) is 76.1. The summed E-state index contributed by atoms with van der Waals surface area (Å²) in [5.41, 5.74) is 15.1. The molecular weight excluding hydrogens is 1730 g/mol. The quantitative estimate of drug-likeness (QED) is 0.0196. The number of amides is 5. The lowest BCUT2D eigenvalue weighted by molar-refractivity contribution is -0.384. The van der Waals surface area contributed by atoms with Crippen molar-refractivity contribution in [3.63, 3.8) is 0 Å². The van der Waals surface area contributed by atoms with Crippen molar-refractivity contribution < 1.29 is 104 Å². The van der Waals surface area contributed by atoms with Crippen molar-refractivity contribution in [2.75, 3.05) is 134 Å². The first-order valence-corrected chi connectivity index (χ1v) is 42.5. The van der Waals surface area contributed by atoms with Crippen LogP contribution < -0.4 is 72.8 Å². The van der Waals surface area contributed by atoms with Crippen LogP contribution in [0.5, 0.6) is 69.0 Å². The van der Waals surface area contributed by atoms with Gasteiger partial charge in [0.1, 0.15) is 34.7 Å². The number of rotatable bonds is 26. The maximum Gasteiger partial charge on any atom is 0.519 e. The van der Waals surface area contributed by atoms with E-state index in [1.54, 1.807) is 126 Å². The van der Waals surface area contributed by atoms with Crippen LogP contribution in [-0.2, 0) is 20.9 Å². The van der Waals surface area contributed by atoms with Gasteiger partial charge in [-0.05, 0) is 275 Å². The second-order valence-corrected chi connectivity index (χ2v) is 31.5. The molecule has 1 aromatic heterocycles. The van der Waals surface area contributed by atoms with Crippen molar-refractivity contribution in [2.24, 2.45) is 0 Å². The lowest BCUT2D eigenvalue weighted by Crippen LogP contribution is -2.48. The lowest BCUT2D eigenvalue weighted by Gasteiger charge is -2.31. The Morgan fingerprint density at radius 1 is 0.396 bits per heavy atom. The third-order valence-corrected chi connectivity index (χ3v) is 23.0. The number of benzene rings is 9. The Morgan fingerprint density at radius 3 is 1.09 bits per heavy atom. The predicted molar refractivity (Wildman–Crippen MR) is 502 cm³/mol. The molecule has 29 nitrogen and oxygen atoms in total. The fraction of sp³-hybridized carbons (Fsp3) is 0.245. The Labute approximate surface area is 772 Å². The van der Waals surface area contributed by atoms with E-state index in [1.807, 2.05) is 71.3 Å². The number of pyridine rings is 1. The number of methoxy groups -OCH3 is 8. The van der Waals surface area contributed by atoms with Gasteiger partial charge in [-0.2, -0.15) is 0 Å². The number of anilines is 2. The van der Waals surface area contributed by atoms with Crippen molar-refractivity contribution in [1.82, 2.24) is 29.9 Å². The summed E-state index contributed by atoms with van der Waals surface area (Å²) in [4.78, 5) is 99.8. The first kappa shape index (κ1) is 95.9. The van der Waals surface area contributed by atoms with Crippen LogP contribution in [0.25, 0.3) is 51.7 Å². The fourth-order valence-corrected chi connectivity index (χ4v) is 15.9. The number of nitrogens with one attached hydrogen (secondary N) is 3. The van der Waals surface area contributed by atoms with E-state index in [4.69, 9.17) is 56.8 Å². The molecule has 0 atom stereocenters. The van der Waals surface area contributed by atoms with E-state index in [2.05, 4.69) is 30.7 Å². The molecule has 0 saturated carbocycles. The van der Waals surface area contributed by atoms with Crippen LogP contribution in [0.1, 0.15) is 95.8 Å². The number of likely N-dealkylation sites (N-methyl/N-ethyl adjacent to an activating group) is 2. The molecule has 3 aliphatic carbocycles. The summed E-state index contributed by atoms with van der Waals surface area (Å²) in [5.74, 6) is 1.30. The van der Waals surface area contributed by atoms with Gasteiger partial charge in [-0.1, -0.05) is 36.4 Å². The minimum atomic E-state index is -1.12. The number of piperazine rings is 2. The molecule has 0 unspecified atom stereocenters. The van der Waals surface area contributed by atoms with Crippen LogP contribution in [0.15, 0.2) is 205 Å². The van der Waals surface area contributed by atoms with Crippen molar-refractivity contribution in [1.29, 1.82) is 0 Å². The predicted octanol–water partition coefficient (Wildman–Crippen LogP) is 18.7. The van der Waals surface area contributed by atoms with Gasteiger partial charge in [0.25, 0.3) is 5.69 Å². The summed E-state index contributed by atoms with van der Waals surface area (Å²) in [6.45, 7) is 11.3. The summed E-state index contributed by atoms with van der Waals surface area (Å²) < 4.78 is 109. The zero-order chi connectivity index (χ0) is 95.6. The summed E-state index contributed by atoms with van der Waals surface area (Å²) in [5, 5.41) is 19.6. The van der Waals surface area contributed by atoms with Crippen molar-refractivity contribution in [3.05, 3.63) is 288 Å². The molecule has 2 saturated heterocycles. The number of halogens is 3. The topological polar surface area (TPSA) is 318 Å². The van der Waals surface area contributed by atoms with Gasteiger partial charge in [0, 0.05) is 94.2 Å². The number of nitro groups is 1. The molecule has 2 aliphatic heterocycles. The van der Waals surface area contributed by atoms with Gasteiger partial charge >= 0.3 is 18.3 Å². The second kappa shape index (κ2) is 43.8. The number of hydrogen-bond acceptors (Lipinski definition) is 23. The van der Waals surface area contributed by atoms with Gasteiger partial charge in [-0.15, -0.1) is 0 Å². The van der Waals surface area contributed by atoms with Crippen LogP contribution in [0, 0.1) is 27.6 Å². The van der Waals surface area contributed by atoms with Crippen LogP contribution in [-0.4, -0.2) is 189 Å². The Hall–Kier alpha value is -15.7. The molecule has 3 heterocycles. The van der Waals surface area contributed by atoms with Gasteiger partial charge < -0.3 is 92.4 Å². The first-order chi connectivity index (χ1) is 64.6. The summed E-state index contributed by atoms with van der Waals surface area (Å²) in [7, 11) is 15.9. The van der Waals surface area contributed by atoms with Gasteiger partial charge in [0.2, 0.25) is 35.0 Å². The molecular formula is C102H100F3N9O20. The van der Waals surface area contributed by atoms with Gasteiger partial charge in [-0.3, -0.25) is 29.5 Å². The normalized spacial score (nSPS) is 14.7. The SMILES string of the molecule is COc1cc(/C=C2/C(C)=C(CC(=O)NCc3ccccn3)c3cc(F)ccc32)cc(OC)c1OC(=O)N1CCN(C)CC1.COc1cccc(NC(=O)CC2=C(C)/C(=C/c3cc(OC)c(OC(=O)N4CCN(C)CC4)c(OC)c3)c3ccc(F)cc32)c1.COc1cccc(NC(=O)CC2=C(C)/C(=C/c3cc(OC)c(OC(=O)Oc4ccc([N+](=O)[O-])cc4)c(OC)c3)c3ccc(F)cc32)c1. The standard InChI is InChI=1S/C35H29FN2O9.C34H36FN3O6.C33H35FN4O5/c1-20-28(27-13-8-22(36)17-30(27)29(20)19-33(39)37-23-6-5-7-26(18-23)43-2)14-21-15-31(44-3)34(32(16-21)45-4)47-35(40)46-25-11-9-24(10-12-25)38(41)42;1-21-27(15-22-16-30(42-4)33(31(17-22)43-5)44-34(40)38-13-11-37(2)12-14-38)26-10-9-23(35)18-29(26)28(21)20-32(39)36-24-7-6-8-25(19-24)41-3;1-21-26(25-9-8-23(34)18-28(25)27(21)19-31(39)36-20-24-7-5-6-10-35-24)15-22-16-29(41-3)32(30(17-22)42-4)43-33(40)38-13-11-37(2)12-14-38/h5-18H,19H2,1-4H3,(H,37,39);6-10,15-19H,11-14,20H2,1-5H3,(H,36,39);5-10,15-18H,11-14,19-20H2,1-4H3,(H,36,39)/b28-14-;27-15-;26-15-.